The summed E-state index contributed by atoms with van der Waals surface area (Å²) in [6, 6.07) is 3.04. The summed E-state index contributed by atoms with van der Waals surface area (Å²) >= 11 is 0. The van der Waals surface area contributed by atoms with Gasteiger partial charge in [0.25, 0.3) is 0 Å². The highest BCUT2D eigenvalue weighted by atomic mass is 19.1. The fraction of sp³-hybridized carbons (Fsp3) is 0.385. The first-order valence-electron chi connectivity index (χ1n) is 6.07. The van der Waals surface area contributed by atoms with Crippen LogP contribution in [0.25, 0.3) is 0 Å². The molecule has 0 spiro atoms. The minimum absolute atomic E-state index is 0.503. The molecule has 0 heterocycles. The zero-order chi connectivity index (χ0) is 15.3. The lowest BCUT2D eigenvalue weighted by Gasteiger charge is -2.09. The first kappa shape index (κ1) is 15.7. The van der Waals surface area contributed by atoms with Gasteiger partial charge in [-0.2, -0.15) is 4.39 Å². The maximum Gasteiger partial charge on any atom is 0.352 e. The molecule has 0 saturated heterocycles. The van der Waals surface area contributed by atoms with Gasteiger partial charge in [0.15, 0.2) is 0 Å². The number of hydrogen-bond acceptors (Lipinski definition) is 5. The topological polar surface area (TPSA) is 86.5 Å². The molecular weight excluding hydrogens is 269 g/mol. The number of hydrogen-bond donors (Lipinski definition) is 0. The van der Waals surface area contributed by atoms with E-state index in [0.717, 1.165) is 24.6 Å². The van der Waals surface area contributed by atoms with E-state index in [4.69, 9.17) is 0 Å². The summed E-state index contributed by atoms with van der Waals surface area (Å²) < 4.78 is 17.9. The van der Waals surface area contributed by atoms with Crippen molar-refractivity contribution in [3.05, 3.63) is 39.7 Å². The third-order valence-corrected chi connectivity index (χ3v) is 2.71. The highest BCUT2D eigenvalue weighted by Crippen LogP contribution is 2.23. The monoisotopic (exact) mass is 283 g/mol. The minimum atomic E-state index is -1.22. The third kappa shape index (κ3) is 3.59. The summed E-state index contributed by atoms with van der Waals surface area (Å²) in [6.07, 6.45) is 1.25. The number of esters is 2. The maximum absolute atomic E-state index is 13.3. The van der Waals surface area contributed by atoms with Crippen LogP contribution in [0.2, 0.25) is 0 Å². The Morgan fingerprint density at radius 1 is 1.45 bits per heavy atom. The smallest absolute Gasteiger partial charge is 0.352 e. The van der Waals surface area contributed by atoms with Gasteiger partial charge in [0, 0.05) is 0 Å². The SMILES string of the molecule is CCCC(C)C(=O)OC(=O)c1cccc(F)c1[N+](=O)[O-]. The van der Waals surface area contributed by atoms with Crippen molar-refractivity contribution in [1.82, 2.24) is 0 Å². The van der Waals surface area contributed by atoms with Crippen molar-refractivity contribution in [2.75, 3.05) is 0 Å². The predicted molar refractivity (Wildman–Crippen MR) is 67.5 cm³/mol. The van der Waals surface area contributed by atoms with E-state index < -0.39 is 39.8 Å². The Kier molecular flexibility index (Phi) is 5.31. The van der Waals surface area contributed by atoms with Crippen LogP contribution in [0.15, 0.2) is 18.2 Å². The Morgan fingerprint density at radius 3 is 2.65 bits per heavy atom. The molecule has 1 unspecified atom stereocenters. The number of halogens is 1. The fourth-order valence-electron chi connectivity index (χ4n) is 1.66. The number of nitrogens with zero attached hydrogens (tertiary/aromatic N) is 1. The molecule has 0 aliphatic rings. The number of carbonyl (C=O) groups is 2. The quantitative estimate of drug-likeness (QED) is 0.359. The van der Waals surface area contributed by atoms with Crippen LogP contribution in [-0.4, -0.2) is 16.9 Å². The average molecular weight is 283 g/mol. The molecule has 1 aromatic carbocycles. The standard InChI is InChI=1S/C13H14FNO5/c1-3-5-8(2)12(16)20-13(17)9-6-4-7-10(14)11(9)15(18)19/h4,6-8H,3,5H2,1-2H3. The molecule has 1 rings (SSSR count). The van der Waals surface area contributed by atoms with E-state index in [2.05, 4.69) is 4.74 Å². The molecule has 0 N–H and O–H groups in total. The first-order chi connectivity index (χ1) is 9.38. The molecular formula is C13H14FNO5. The van der Waals surface area contributed by atoms with E-state index in [0.29, 0.717) is 6.42 Å². The summed E-state index contributed by atoms with van der Waals surface area (Å²) in [5.41, 5.74) is -1.57. The van der Waals surface area contributed by atoms with E-state index in [1.165, 1.54) is 0 Å². The highest BCUT2D eigenvalue weighted by Gasteiger charge is 2.28. The van der Waals surface area contributed by atoms with Crippen LogP contribution in [0.3, 0.4) is 0 Å². The Labute approximate surface area is 114 Å². The summed E-state index contributed by atoms with van der Waals surface area (Å²) in [4.78, 5) is 33.0. The van der Waals surface area contributed by atoms with Gasteiger partial charge in [-0.05, 0) is 18.6 Å². The van der Waals surface area contributed by atoms with Crippen LogP contribution >= 0.6 is 0 Å². The van der Waals surface area contributed by atoms with E-state index >= 15 is 0 Å². The van der Waals surface area contributed by atoms with Crippen molar-refractivity contribution in [2.24, 2.45) is 5.92 Å². The van der Waals surface area contributed by atoms with Crippen LogP contribution in [0, 0.1) is 21.8 Å². The number of para-hydroxylation sites is 1. The van der Waals surface area contributed by atoms with Gasteiger partial charge in [-0.3, -0.25) is 14.9 Å². The summed E-state index contributed by atoms with van der Waals surface area (Å²) in [6.45, 7) is 3.45. The van der Waals surface area contributed by atoms with Crippen LogP contribution in [0.1, 0.15) is 37.0 Å². The second-order valence-electron chi connectivity index (χ2n) is 4.29. The van der Waals surface area contributed by atoms with Crippen LogP contribution in [0.4, 0.5) is 10.1 Å². The molecule has 108 valence electrons. The van der Waals surface area contributed by atoms with Crippen LogP contribution in [0.5, 0.6) is 0 Å². The molecule has 0 saturated carbocycles. The average Bonchev–Trinajstić information content (AvgIpc) is 2.37. The zero-order valence-corrected chi connectivity index (χ0v) is 11.1. The van der Waals surface area contributed by atoms with Crippen LogP contribution in [-0.2, 0) is 9.53 Å². The van der Waals surface area contributed by atoms with Crippen molar-refractivity contribution in [3.63, 3.8) is 0 Å². The molecule has 6 nitrogen and oxygen atoms in total. The lowest BCUT2D eigenvalue weighted by molar-refractivity contribution is -0.387. The van der Waals surface area contributed by atoms with Crippen molar-refractivity contribution < 1.29 is 23.6 Å². The van der Waals surface area contributed by atoms with Gasteiger partial charge in [0.05, 0.1) is 10.8 Å². The normalized spacial score (nSPS) is 11.8. The maximum atomic E-state index is 13.3. The Morgan fingerprint density at radius 2 is 2.10 bits per heavy atom. The Balaban J connectivity index is 2.96. The number of nitro groups is 1. The van der Waals surface area contributed by atoms with Crippen molar-refractivity contribution in [2.45, 2.75) is 26.7 Å². The molecule has 0 radical (unpaired) electrons. The Hall–Kier alpha value is -2.31. The van der Waals surface area contributed by atoms with Gasteiger partial charge in [-0.15, -0.1) is 0 Å². The Bertz CT molecular complexity index is 544. The van der Waals surface area contributed by atoms with Crippen LogP contribution < -0.4 is 0 Å². The third-order valence-electron chi connectivity index (χ3n) is 2.71. The van der Waals surface area contributed by atoms with Crippen molar-refractivity contribution in [3.8, 4) is 0 Å². The second-order valence-corrected chi connectivity index (χ2v) is 4.29. The van der Waals surface area contributed by atoms with Crippen molar-refractivity contribution >= 4 is 17.6 Å². The summed E-state index contributed by atoms with van der Waals surface area (Å²) in [5.74, 6) is -3.66. The molecule has 0 bridgehead atoms. The van der Waals surface area contributed by atoms with Crippen molar-refractivity contribution in [1.29, 1.82) is 0 Å². The van der Waals surface area contributed by atoms with E-state index in [1.807, 2.05) is 6.92 Å². The van der Waals surface area contributed by atoms with Gasteiger partial charge < -0.3 is 4.74 Å². The number of rotatable bonds is 5. The first-order valence-corrected chi connectivity index (χ1v) is 6.07. The molecule has 7 heteroatoms. The molecule has 0 amide bonds. The molecule has 1 aromatic rings. The molecule has 0 aliphatic carbocycles. The van der Waals surface area contributed by atoms with Gasteiger partial charge in [-0.25, -0.2) is 4.79 Å². The van der Waals surface area contributed by atoms with E-state index in [-0.39, 0.29) is 0 Å². The van der Waals surface area contributed by atoms with Gasteiger partial charge in [-0.1, -0.05) is 26.3 Å². The lowest BCUT2D eigenvalue weighted by Crippen LogP contribution is -2.20. The largest absolute Gasteiger partial charge is 0.389 e. The number of nitro benzene ring substituents is 1. The summed E-state index contributed by atoms with van der Waals surface area (Å²) in [7, 11) is 0. The molecule has 20 heavy (non-hydrogen) atoms. The summed E-state index contributed by atoms with van der Waals surface area (Å²) in [5, 5.41) is 10.7. The van der Waals surface area contributed by atoms with E-state index in [9.17, 15) is 24.1 Å². The lowest BCUT2D eigenvalue weighted by atomic mass is 10.1. The minimum Gasteiger partial charge on any atom is -0.389 e. The molecule has 0 fully saturated rings. The zero-order valence-electron chi connectivity index (χ0n) is 11.1. The fourth-order valence-corrected chi connectivity index (χ4v) is 1.66. The second kappa shape index (κ2) is 6.74. The predicted octanol–water partition coefficient (Wildman–Crippen LogP) is 2.85. The number of carbonyl (C=O) groups excluding carboxylic acids is 2. The van der Waals surface area contributed by atoms with E-state index in [1.54, 1.807) is 6.92 Å². The highest BCUT2D eigenvalue weighted by molar-refractivity contribution is 6.00. The molecule has 1 atom stereocenters. The van der Waals surface area contributed by atoms with Gasteiger partial charge in [0.1, 0.15) is 5.56 Å². The molecule has 0 aromatic heterocycles. The number of benzene rings is 1. The van der Waals surface area contributed by atoms with Gasteiger partial charge in [0.2, 0.25) is 5.82 Å². The number of ether oxygens (including phenoxy) is 1. The van der Waals surface area contributed by atoms with Gasteiger partial charge >= 0.3 is 17.6 Å². The molecule has 0 aliphatic heterocycles.